The van der Waals surface area contributed by atoms with Crippen molar-refractivity contribution in [3.63, 3.8) is 0 Å². The maximum atomic E-state index is 15.2. The molecule has 1 saturated carbocycles. The molecule has 0 bridgehead atoms. The number of nitrogens with one attached hydrogen (secondary N) is 6. The first-order valence-corrected chi connectivity index (χ1v) is 25.3. The summed E-state index contributed by atoms with van der Waals surface area (Å²) in [5, 5.41) is 25.2. The number of ether oxygens (including phenoxy) is 2. The van der Waals surface area contributed by atoms with Gasteiger partial charge in [-0.15, -0.1) is 9.24 Å². The van der Waals surface area contributed by atoms with Gasteiger partial charge in [-0.25, -0.2) is 9.37 Å². The van der Waals surface area contributed by atoms with Crippen molar-refractivity contribution in [2.45, 2.75) is 109 Å². The van der Waals surface area contributed by atoms with Gasteiger partial charge < -0.3 is 61.6 Å². The molecule has 0 saturated heterocycles. The Labute approximate surface area is 438 Å². The van der Waals surface area contributed by atoms with Gasteiger partial charge in [0.2, 0.25) is 30.5 Å². The van der Waals surface area contributed by atoms with Crippen molar-refractivity contribution in [3.05, 3.63) is 73.8 Å². The summed E-state index contributed by atoms with van der Waals surface area (Å²) in [5.74, 6) is -4.98. The van der Waals surface area contributed by atoms with E-state index >= 15 is 4.39 Å². The molecule has 0 radical (unpaired) electrons. The van der Waals surface area contributed by atoms with Crippen LogP contribution in [0.1, 0.15) is 97.7 Å². The summed E-state index contributed by atoms with van der Waals surface area (Å²) in [5.41, 5.74) is 8.16. The van der Waals surface area contributed by atoms with Gasteiger partial charge in [-0.1, -0.05) is 6.92 Å². The summed E-state index contributed by atoms with van der Waals surface area (Å²) in [6, 6.07) is 1.53. The molecule has 3 aromatic rings. The van der Waals surface area contributed by atoms with E-state index in [1.807, 2.05) is 19.9 Å². The topological polar surface area (TPSA) is 346 Å². The third-order valence-electron chi connectivity index (χ3n) is 13.4. The summed E-state index contributed by atoms with van der Waals surface area (Å²) >= 11 is 0. The number of imide groups is 1. The molecule has 5 atom stereocenters. The monoisotopic (exact) mass is 1080 g/mol. The molecule has 1 fully saturated rings. The smallest absolute Gasteiger partial charge is 0.317 e. The predicted octanol–water partition coefficient (Wildman–Crippen LogP) is -0.484. The third kappa shape index (κ3) is 13.7. The standard InChI is InChI=1S/C34H38FN5O7.C15H23N4O6P.CH3NO/c1-4-19(14-41)21-10-27-31-22(13-40(27)32(44)23(21)15-46-3)30-25(7-6-20-18(2)24(35)11-26(38-31)29(20)30)39-33(45)34(8-5-9-34)47-17-37-28(43)12-36-16-42;1-9(8-26)18-11(20)4-5-17-15(25)10(6-16-7-14(23)24)19-12(21)2-3-13(19)22;2-1-3/h10-11,14,16,19,25H,4-9,12-13,15,17H2,1-3H3,(H,36,42)(H,37,43)(H,39,45);2-3,9-10,16H,4-8,26H2,1H3,(H,17,25)(H,18,20)(H,23,24);1H,(H2,2,3). The lowest BCUT2D eigenvalue weighted by Gasteiger charge is -2.41. The van der Waals surface area contributed by atoms with Gasteiger partial charge in [-0.2, -0.15) is 0 Å². The van der Waals surface area contributed by atoms with Crippen LogP contribution >= 0.6 is 9.24 Å². The summed E-state index contributed by atoms with van der Waals surface area (Å²) in [6.07, 6.45) is 7.54. The normalized spacial score (nSPS) is 16.4. The molecular weight excluding hydrogens is 1010 g/mol. The zero-order valence-electron chi connectivity index (χ0n) is 42.6. The Morgan fingerprint density at radius 2 is 1.74 bits per heavy atom. The number of hydrogen-bond acceptors (Lipinski definition) is 15. The van der Waals surface area contributed by atoms with Crippen molar-refractivity contribution in [1.29, 1.82) is 0 Å². The number of pyridine rings is 2. The fourth-order valence-corrected chi connectivity index (χ4v) is 9.47. The molecule has 76 heavy (non-hydrogen) atoms. The Morgan fingerprint density at radius 1 is 1.04 bits per heavy atom. The Balaban J connectivity index is 0.000000312. The lowest BCUT2D eigenvalue weighted by Crippen LogP contribution is -2.56. The van der Waals surface area contributed by atoms with Crippen LogP contribution in [-0.4, -0.2) is 144 Å². The summed E-state index contributed by atoms with van der Waals surface area (Å²) in [4.78, 5) is 135. The number of amides is 8. The quantitative estimate of drug-likeness (QED) is 0.0190. The average Bonchev–Trinajstić information content (AvgIpc) is 3.91. The molecule has 4 heterocycles. The van der Waals surface area contributed by atoms with E-state index in [1.165, 1.54) is 13.2 Å². The van der Waals surface area contributed by atoms with Crippen molar-refractivity contribution in [3.8, 4) is 11.4 Å². The van der Waals surface area contributed by atoms with E-state index in [4.69, 9.17) is 24.4 Å². The number of hydrogen-bond donors (Lipinski definition) is 8. The number of primary amides is 1. The van der Waals surface area contributed by atoms with Gasteiger partial charge in [0.25, 0.3) is 23.3 Å². The summed E-state index contributed by atoms with van der Waals surface area (Å²) in [7, 11) is 4.01. The van der Waals surface area contributed by atoms with Gasteiger partial charge in [-0.05, 0) is 86.9 Å². The molecule has 2 aromatic heterocycles. The van der Waals surface area contributed by atoms with Crippen LogP contribution in [0.5, 0.6) is 0 Å². The van der Waals surface area contributed by atoms with E-state index in [-0.39, 0.29) is 81.6 Å². The Hall–Kier alpha value is -7.34. The van der Waals surface area contributed by atoms with Crippen LogP contribution in [0.4, 0.5) is 4.39 Å². The number of rotatable bonds is 24. The number of aliphatic carboxylic acids is 1. The minimum atomic E-state index is -1.21. The second-order valence-electron chi connectivity index (χ2n) is 18.2. The van der Waals surface area contributed by atoms with E-state index in [0.717, 1.165) is 51.8 Å². The van der Waals surface area contributed by atoms with Crippen LogP contribution < -0.4 is 43.2 Å². The number of methoxy groups -OCH3 is 1. The summed E-state index contributed by atoms with van der Waals surface area (Å²) < 4.78 is 28.2. The number of aldehydes is 1. The highest BCUT2D eigenvalue weighted by molar-refractivity contribution is 7.16. The van der Waals surface area contributed by atoms with Crippen molar-refractivity contribution in [1.82, 2.24) is 46.4 Å². The van der Waals surface area contributed by atoms with Gasteiger partial charge in [0.15, 0.2) is 0 Å². The van der Waals surface area contributed by atoms with Crippen molar-refractivity contribution < 1.29 is 66.9 Å². The molecule has 5 unspecified atom stereocenters. The average molecular weight is 1080 g/mol. The molecular formula is C50H64FN10O14P. The van der Waals surface area contributed by atoms with Crippen LogP contribution in [0.25, 0.3) is 22.3 Å². The third-order valence-corrected chi connectivity index (χ3v) is 14.1. The maximum absolute atomic E-state index is 15.2. The molecule has 410 valence electrons. The number of aromatic nitrogens is 2. The highest BCUT2D eigenvalue weighted by Gasteiger charge is 2.47. The highest BCUT2D eigenvalue weighted by atomic mass is 31.0. The minimum absolute atomic E-state index is 0.0120. The van der Waals surface area contributed by atoms with E-state index in [0.29, 0.717) is 78.3 Å². The molecule has 2 aliphatic carbocycles. The van der Waals surface area contributed by atoms with Crippen LogP contribution in [0.15, 0.2) is 29.1 Å². The number of carboxylic acid groups (broad SMARTS) is 1. The first kappa shape index (κ1) is 59.5. The number of carbonyl (C=O) groups is 10. The van der Waals surface area contributed by atoms with Gasteiger partial charge in [0.05, 0.1) is 49.2 Å². The first-order chi connectivity index (χ1) is 36.3. The maximum Gasteiger partial charge on any atom is 0.317 e. The zero-order valence-corrected chi connectivity index (χ0v) is 43.7. The fraction of sp³-hybridized carbons (Fsp3) is 0.480. The van der Waals surface area contributed by atoms with E-state index in [1.54, 1.807) is 11.5 Å². The van der Waals surface area contributed by atoms with Crippen LogP contribution in [0, 0.1) is 12.7 Å². The summed E-state index contributed by atoms with van der Waals surface area (Å²) in [6.45, 7) is 4.67. The number of carboxylic acids is 1. The lowest BCUT2D eigenvalue weighted by molar-refractivity contribution is -0.164. The largest absolute Gasteiger partial charge is 0.480 e. The van der Waals surface area contributed by atoms with Crippen molar-refractivity contribution in [2.75, 3.05) is 46.2 Å². The minimum Gasteiger partial charge on any atom is -0.480 e. The Morgan fingerprint density at radius 3 is 2.33 bits per heavy atom. The first-order valence-electron chi connectivity index (χ1n) is 24.5. The second kappa shape index (κ2) is 27.4. The fourth-order valence-electron chi connectivity index (χ4n) is 9.35. The van der Waals surface area contributed by atoms with Crippen molar-refractivity contribution >= 4 is 80.7 Å². The molecule has 1 aromatic carbocycles. The highest BCUT2D eigenvalue weighted by Crippen LogP contribution is 2.46. The van der Waals surface area contributed by atoms with Crippen LogP contribution in [0.2, 0.25) is 0 Å². The predicted molar refractivity (Wildman–Crippen MR) is 274 cm³/mol. The number of fused-ring (bicyclic) bond motifs is 4. The molecule has 8 amide bonds. The number of halogens is 1. The Bertz CT molecular complexity index is 2820. The molecule has 7 rings (SSSR count). The molecule has 4 aliphatic rings. The SMILES string of the molecule is CC(CP)NC(=O)CCNC(=O)C(CNCC(=O)O)N1C(=O)C=CC1=O.CCC(C=O)c1cc2n(c(=O)c1COC)Cc1c-2nc2cc(F)c(C)c3c2c1C(NC(=O)C1(OCNC(=O)CNC=O)CCC1)CC3.NC=O. The number of aryl methyl sites for hydroxylation is 1. The van der Waals surface area contributed by atoms with E-state index in [2.05, 4.69) is 46.9 Å². The van der Waals surface area contributed by atoms with Crippen LogP contribution in [-0.2, 0) is 77.0 Å². The molecule has 0 spiro atoms. The van der Waals surface area contributed by atoms with Crippen LogP contribution in [0.3, 0.4) is 0 Å². The lowest BCUT2D eigenvalue weighted by atomic mass is 9.77. The molecule has 9 N–H and O–H groups in total. The Kier molecular flexibility index (Phi) is 21.5. The number of nitrogens with two attached hydrogens (primary N) is 1. The number of benzene rings is 1. The van der Waals surface area contributed by atoms with Gasteiger partial charge in [0, 0.05) is 73.3 Å². The van der Waals surface area contributed by atoms with Gasteiger partial charge in [-0.3, -0.25) is 52.8 Å². The molecule has 2 aliphatic heterocycles. The number of carbonyl (C=O) groups excluding carboxylic acids is 9. The zero-order chi connectivity index (χ0) is 55.9. The van der Waals surface area contributed by atoms with E-state index < -0.39 is 59.7 Å². The van der Waals surface area contributed by atoms with Crippen molar-refractivity contribution in [2.24, 2.45) is 5.73 Å². The second-order valence-corrected chi connectivity index (χ2v) is 18.7. The number of nitrogens with zero attached hydrogens (tertiary/aromatic N) is 3. The molecule has 24 nitrogen and oxygen atoms in total. The van der Waals surface area contributed by atoms with E-state index in [9.17, 15) is 47.9 Å². The van der Waals surface area contributed by atoms with Gasteiger partial charge in [0.1, 0.15) is 30.5 Å². The molecule has 26 heteroatoms. The van der Waals surface area contributed by atoms with Gasteiger partial charge >= 0.3 is 5.97 Å².